The number of hydrogen-bond acceptors (Lipinski definition) is 3. The fraction of sp³-hybridized carbons (Fsp3) is 0.176. The summed E-state index contributed by atoms with van der Waals surface area (Å²) in [5.41, 5.74) is 3.03. The first-order valence-electron chi connectivity index (χ1n) is 6.96. The quantitative estimate of drug-likeness (QED) is 0.926. The van der Waals surface area contributed by atoms with Crippen molar-refractivity contribution >= 4 is 23.2 Å². The van der Waals surface area contributed by atoms with E-state index in [1.165, 1.54) is 0 Å². The number of carbonyl (C=O) groups excluding carboxylic acids is 2. The fourth-order valence-corrected chi connectivity index (χ4v) is 2.26. The Kier molecular flexibility index (Phi) is 3.55. The van der Waals surface area contributed by atoms with Gasteiger partial charge in [-0.25, -0.2) is 0 Å². The normalized spacial score (nSPS) is 13.4. The molecule has 0 aliphatic carbocycles. The summed E-state index contributed by atoms with van der Waals surface area (Å²) in [5.74, 6) is 0.313. The molecule has 0 radical (unpaired) electrons. The predicted octanol–water partition coefficient (Wildman–Crippen LogP) is 2.60. The van der Waals surface area contributed by atoms with Gasteiger partial charge >= 0.3 is 0 Å². The van der Waals surface area contributed by atoms with Gasteiger partial charge in [0.1, 0.15) is 5.75 Å². The molecule has 5 heteroatoms. The van der Waals surface area contributed by atoms with E-state index in [0.29, 0.717) is 22.7 Å². The van der Waals surface area contributed by atoms with E-state index in [9.17, 15) is 9.59 Å². The fourth-order valence-electron chi connectivity index (χ4n) is 2.26. The Morgan fingerprint density at radius 1 is 1.18 bits per heavy atom. The average Bonchev–Trinajstić information content (AvgIpc) is 2.51. The van der Waals surface area contributed by atoms with Crippen LogP contribution in [0.15, 0.2) is 42.5 Å². The zero-order valence-electron chi connectivity index (χ0n) is 12.4. The van der Waals surface area contributed by atoms with Crippen molar-refractivity contribution in [2.24, 2.45) is 0 Å². The third-order valence-electron chi connectivity index (χ3n) is 3.62. The van der Waals surface area contributed by atoms with Crippen LogP contribution in [0.1, 0.15) is 15.9 Å². The van der Waals surface area contributed by atoms with Crippen molar-refractivity contribution in [3.63, 3.8) is 0 Å². The van der Waals surface area contributed by atoms with Gasteiger partial charge in [-0.2, -0.15) is 0 Å². The van der Waals surface area contributed by atoms with Gasteiger partial charge in [0.05, 0.1) is 5.69 Å². The van der Waals surface area contributed by atoms with Crippen LogP contribution in [0, 0.1) is 6.92 Å². The number of fused-ring (bicyclic) bond motifs is 1. The second kappa shape index (κ2) is 5.52. The molecule has 0 bridgehead atoms. The first-order valence-corrected chi connectivity index (χ1v) is 6.96. The van der Waals surface area contributed by atoms with Crippen molar-refractivity contribution in [2.75, 3.05) is 23.9 Å². The maximum absolute atomic E-state index is 12.2. The molecule has 22 heavy (non-hydrogen) atoms. The molecule has 0 saturated heterocycles. The smallest absolute Gasteiger partial charge is 0.264 e. The molecular weight excluding hydrogens is 280 g/mol. The van der Waals surface area contributed by atoms with Gasteiger partial charge in [0, 0.05) is 24.4 Å². The van der Waals surface area contributed by atoms with Crippen molar-refractivity contribution in [3.8, 4) is 5.75 Å². The number of carbonyl (C=O) groups is 2. The van der Waals surface area contributed by atoms with Crippen LogP contribution >= 0.6 is 0 Å². The van der Waals surface area contributed by atoms with Gasteiger partial charge in [-0.1, -0.05) is 17.7 Å². The molecule has 1 aliphatic heterocycles. The van der Waals surface area contributed by atoms with Crippen LogP contribution in [0.2, 0.25) is 0 Å². The van der Waals surface area contributed by atoms with Gasteiger partial charge in [-0.3, -0.25) is 9.59 Å². The largest absolute Gasteiger partial charge is 0.481 e. The molecule has 0 atom stereocenters. The minimum Gasteiger partial charge on any atom is -0.481 e. The molecule has 3 rings (SSSR count). The van der Waals surface area contributed by atoms with Crippen LogP contribution in [-0.2, 0) is 4.79 Å². The monoisotopic (exact) mass is 296 g/mol. The second-order valence-corrected chi connectivity index (χ2v) is 5.24. The maximum Gasteiger partial charge on any atom is 0.264 e. The first kappa shape index (κ1) is 14.1. The van der Waals surface area contributed by atoms with Gasteiger partial charge in [0.2, 0.25) is 0 Å². The van der Waals surface area contributed by atoms with E-state index in [-0.39, 0.29) is 18.4 Å². The summed E-state index contributed by atoms with van der Waals surface area (Å²) < 4.78 is 5.41. The number of nitrogens with zero attached hydrogens (tertiary/aromatic N) is 1. The van der Waals surface area contributed by atoms with Crippen molar-refractivity contribution in [1.29, 1.82) is 0 Å². The van der Waals surface area contributed by atoms with Crippen LogP contribution < -0.4 is 15.0 Å². The molecule has 1 N–H and O–H groups in total. The Morgan fingerprint density at radius 2 is 1.91 bits per heavy atom. The predicted molar refractivity (Wildman–Crippen MR) is 84.5 cm³/mol. The van der Waals surface area contributed by atoms with E-state index in [2.05, 4.69) is 5.32 Å². The highest BCUT2D eigenvalue weighted by molar-refractivity contribution is 6.05. The van der Waals surface area contributed by atoms with E-state index in [4.69, 9.17) is 4.74 Å². The van der Waals surface area contributed by atoms with Crippen molar-refractivity contribution < 1.29 is 14.3 Å². The summed E-state index contributed by atoms with van der Waals surface area (Å²) in [6.45, 7) is 1.99. The molecule has 2 aromatic carbocycles. The third-order valence-corrected chi connectivity index (χ3v) is 3.62. The number of likely N-dealkylation sites (N-methyl/N-ethyl adjacent to an activating group) is 1. The zero-order chi connectivity index (χ0) is 15.7. The van der Waals surface area contributed by atoms with Gasteiger partial charge in [0.25, 0.3) is 11.8 Å². The van der Waals surface area contributed by atoms with E-state index in [0.717, 1.165) is 5.56 Å². The lowest BCUT2D eigenvalue weighted by Gasteiger charge is -2.26. The molecule has 0 saturated carbocycles. The van der Waals surface area contributed by atoms with Gasteiger partial charge < -0.3 is 15.0 Å². The molecule has 2 aromatic rings. The molecule has 2 amide bonds. The Bertz CT molecular complexity index is 738. The number of ether oxygens (including phenoxy) is 1. The minimum atomic E-state index is -0.180. The lowest BCUT2D eigenvalue weighted by molar-refractivity contribution is -0.120. The number of rotatable bonds is 2. The molecule has 112 valence electrons. The highest BCUT2D eigenvalue weighted by atomic mass is 16.5. The van der Waals surface area contributed by atoms with E-state index in [1.807, 2.05) is 19.1 Å². The number of benzene rings is 2. The second-order valence-electron chi connectivity index (χ2n) is 5.24. The molecule has 1 heterocycles. The van der Waals surface area contributed by atoms with Crippen molar-refractivity contribution in [2.45, 2.75) is 6.92 Å². The molecule has 5 nitrogen and oxygen atoms in total. The van der Waals surface area contributed by atoms with Gasteiger partial charge in [0.15, 0.2) is 6.61 Å². The zero-order valence-corrected chi connectivity index (χ0v) is 12.4. The maximum atomic E-state index is 12.2. The van der Waals surface area contributed by atoms with E-state index < -0.39 is 0 Å². The summed E-state index contributed by atoms with van der Waals surface area (Å²) >= 11 is 0. The Balaban J connectivity index is 1.80. The lowest BCUT2D eigenvalue weighted by Crippen LogP contribution is -2.35. The SMILES string of the molecule is Cc1ccc(C(=O)Nc2ccc3c(c2)OCC(=O)N3C)cc1. The van der Waals surface area contributed by atoms with Gasteiger partial charge in [-0.05, 0) is 31.2 Å². The first-order chi connectivity index (χ1) is 10.5. The Morgan fingerprint density at radius 3 is 2.64 bits per heavy atom. The third kappa shape index (κ3) is 2.65. The van der Waals surface area contributed by atoms with Gasteiger partial charge in [-0.15, -0.1) is 0 Å². The van der Waals surface area contributed by atoms with Crippen LogP contribution in [0.25, 0.3) is 0 Å². The molecular formula is C17H16N2O3. The van der Waals surface area contributed by atoms with Crippen LogP contribution in [0.4, 0.5) is 11.4 Å². The molecule has 0 fully saturated rings. The summed E-state index contributed by atoms with van der Waals surface area (Å²) in [5, 5.41) is 2.83. The molecule has 0 spiro atoms. The number of anilines is 2. The molecule has 1 aliphatic rings. The summed E-state index contributed by atoms with van der Waals surface area (Å²) in [7, 11) is 1.70. The van der Waals surface area contributed by atoms with Crippen LogP contribution in [0.5, 0.6) is 5.75 Å². The number of hydrogen-bond donors (Lipinski definition) is 1. The van der Waals surface area contributed by atoms with Crippen LogP contribution in [0.3, 0.4) is 0 Å². The Hall–Kier alpha value is -2.82. The summed E-state index contributed by atoms with van der Waals surface area (Å²) in [6.07, 6.45) is 0. The van der Waals surface area contributed by atoms with E-state index >= 15 is 0 Å². The molecule has 0 unspecified atom stereocenters. The number of aryl methyl sites for hydroxylation is 1. The molecule has 0 aromatic heterocycles. The Labute approximate surface area is 128 Å². The highest BCUT2D eigenvalue weighted by Gasteiger charge is 2.22. The topological polar surface area (TPSA) is 58.6 Å². The van der Waals surface area contributed by atoms with Crippen molar-refractivity contribution in [3.05, 3.63) is 53.6 Å². The van der Waals surface area contributed by atoms with E-state index in [1.54, 1.807) is 42.3 Å². The van der Waals surface area contributed by atoms with Crippen LogP contribution in [-0.4, -0.2) is 25.5 Å². The summed E-state index contributed by atoms with van der Waals surface area (Å²) in [6, 6.07) is 12.6. The lowest BCUT2D eigenvalue weighted by atomic mass is 10.1. The standard InChI is InChI=1S/C17H16N2O3/c1-11-3-5-12(6-4-11)17(21)18-13-7-8-14-15(9-13)22-10-16(20)19(14)2/h3-9H,10H2,1-2H3,(H,18,21). The highest BCUT2D eigenvalue weighted by Crippen LogP contribution is 2.33. The summed E-state index contributed by atoms with van der Waals surface area (Å²) in [4.78, 5) is 25.3. The number of amides is 2. The number of nitrogens with one attached hydrogen (secondary N) is 1. The average molecular weight is 296 g/mol. The minimum absolute atomic E-state index is 0.0128. The van der Waals surface area contributed by atoms with Crippen molar-refractivity contribution in [1.82, 2.24) is 0 Å².